The molecule has 408 valence electrons. The fraction of sp³-hybridized carbons (Fsp3) is 1.00. The lowest BCUT2D eigenvalue weighted by Crippen LogP contribution is -2.21. The monoisotopic (exact) mass is 1020 g/mol. The molecule has 12 saturated heterocycles. The Kier molecular flexibility index (Phi) is 62.4. The third kappa shape index (κ3) is 60.9. The van der Waals surface area contributed by atoms with Gasteiger partial charge in [0.25, 0.3) is 0 Å². The second kappa shape index (κ2) is 63.7. The van der Waals surface area contributed by atoms with Crippen molar-refractivity contribution >= 4 is 35.3 Å². The molecular formula is C53H113N7O5S3. The molecule has 0 bridgehead atoms. The van der Waals surface area contributed by atoms with Crippen LogP contribution in [0.25, 0.3) is 0 Å². The highest BCUT2D eigenvalue weighted by atomic mass is 32.2. The van der Waals surface area contributed by atoms with Crippen molar-refractivity contribution in [2.45, 2.75) is 161 Å². The van der Waals surface area contributed by atoms with Crippen molar-refractivity contribution in [2.75, 3.05) is 179 Å². The lowest BCUT2D eigenvalue weighted by atomic mass is 10.2. The lowest BCUT2D eigenvalue weighted by molar-refractivity contribution is 0.0692. The molecule has 12 aliphatic rings. The molecule has 0 unspecified atom stereocenters. The van der Waals surface area contributed by atoms with Crippen molar-refractivity contribution in [1.29, 1.82) is 0 Å². The Balaban J connectivity index is 0.000000371. The van der Waals surface area contributed by atoms with E-state index in [-0.39, 0.29) is 0 Å². The van der Waals surface area contributed by atoms with E-state index in [9.17, 15) is 0 Å². The predicted molar refractivity (Wildman–Crippen MR) is 302 cm³/mol. The molecule has 0 spiro atoms. The van der Waals surface area contributed by atoms with Crippen LogP contribution in [0.5, 0.6) is 0 Å². The highest BCUT2D eigenvalue weighted by Crippen LogP contribution is 2.15. The maximum absolute atomic E-state index is 5.13. The first-order chi connectivity index (χ1) is 34.0. The normalized spacial score (nSPS) is 24.0. The van der Waals surface area contributed by atoms with Crippen molar-refractivity contribution in [3.05, 3.63) is 0 Å². The van der Waals surface area contributed by atoms with Crippen molar-refractivity contribution < 1.29 is 23.7 Å². The molecule has 0 aromatic rings. The van der Waals surface area contributed by atoms with E-state index in [2.05, 4.69) is 60.7 Å². The zero-order chi connectivity index (χ0) is 48.1. The van der Waals surface area contributed by atoms with Gasteiger partial charge in [-0.2, -0.15) is 23.5 Å². The van der Waals surface area contributed by atoms with Crippen LogP contribution in [0.3, 0.4) is 0 Å². The Labute approximate surface area is 433 Å². The van der Waals surface area contributed by atoms with E-state index in [0.717, 1.165) is 65.9 Å². The van der Waals surface area contributed by atoms with Crippen LogP contribution in [0.15, 0.2) is 0 Å². The topological polar surface area (TPSA) is 130 Å². The van der Waals surface area contributed by atoms with Crippen molar-refractivity contribution in [1.82, 2.24) is 37.2 Å². The minimum Gasteiger partial charge on any atom is -0.381 e. The second-order valence-corrected chi connectivity index (χ2v) is 21.9. The first-order valence-electron chi connectivity index (χ1n) is 28.6. The summed E-state index contributed by atoms with van der Waals surface area (Å²) in [5, 5.41) is 22.8. The van der Waals surface area contributed by atoms with Gasteiger partial charge in [-0.25, -0.2) is 0 Å². The van der Waals surface area contributed by atoms with Gasteiger partial charge in [-0.3, -0.25) is 0 Å². The molecular weight excluding hydrogens is 911 g/mol. The van der Waals surface area contributed by atoms with Crippen LogP contribution in [-0.2, 0) is 23.7 Å². The molecule has 12 aliphatic heterocycles. The third-order valence-electron chi connectivity index (χ3n) is 11.8. The van der Waals surface area contributed by atoms with Crippen LogP contribution < -0.4 is 37.2 Å². The molecule has 7 N–H and O–H groups in total. The fourth-order valence-corrected chi connectivity index (χ4v) is 10.3. The summed E-state index contributed by atoms with van der Waals surface area (Å²) in [5.74, 6) is 8.14. The van der Waals surface area contributed by atoms with Crippen molar-refractivity contribution in [2.24, 2.45) is 0 Å². The zero-order valence-electron chi connectivity index (χ0n) is 44.2. The van der Waals surface area contributed by atoms with Crippen molar-refractivity contribution in [3.8, 4) is 0 Å². The molecule has 68 heavy (non-hydrogen) atoms. The summed E-state index contributed by atoms with van der Waals surface area (Å²) in [7, 11) is 0. The minimum atomic E-state index is 0.500. The molecule has 0 aliphatic carbocycles. The standard InChI is InChI=1S/C5H11NO.4C5H11N.C5H10O.C5H10S.C4H9N.C4H8O.C4H8S.C3H7NS.C3H6O2/c1-2-6-3-5-7-4-1;6*1-2-4-6-5-3-1;3*1-2-4-5-3-1;2*1-2-5-3-4-1/h6H,1-5H2;4*6H,1-5H2;2*1-5H2;5H,1-4H2;2*1-4H2;4H,1-3H2;1-3H2. The summed E-state index contributed by atoms with van der Waals surface area (Å²) in [5.41, 5.74) is 0. The lowest BCUT2D eigenvalue weighted by Gasteiger charge is -2.08. The number of nitrogens with one attached hydrogen (secondary N) is 7. The molecule has 12 rings (SSSR count). The SMILES string of the molecule is C1CCNC1.C1CCNCC1.C1CCNCC1.C1CCNCC1.C1CCNCC1.C1CCOC1.C1CCOCC1.C1CCSC1.C1CCSCC1.C1CNCCOC1.C1COCO1.C1CSCN1. The summed E-state index contributed by atoms with van der Waals surface area (Å²) in [6.07, 6.45) is 34.6. The summed E-state index contributed by atoms with van der Waals surface area (Å²) in [4.78, 5) is 0. The van der Waals surface area contributed by atoms with Crippen LogP contribution in [0.1, 0.15) is 161 Å². The molecule has 15 heteroatoms. The number of piperidine rings is 4. The van der Waals surface area contributed by atoms with Gasteiger partial charge in [-0.1, -0.05) is 32.1 Å². The highest BCUT2D eigenvalue weighted by Gasteiger charge is 2.00. The number of rotatable bonds is 0. The van der Waals surface area contributed by atoms with Gasteiger partial charge in [-0.05, 0) is 223 Å². The summed E-state index contributed by atoms with van der Waals surface area (Å²) >= 11 is 6.13. The Morgan fingerprint density at radius 3 is 0.721 bits per heavy atom. The van der Waals surface area contributed by atoms with Crippen LogP contribution in [0, 0.1) is 0 Å². The molecule has 12 heterocycles. The Bertz CT molecular complexity index is 580. The summed E-state index contributed by atoms with van der Waals surface area (Å²) < 4.78 is 24.6. The largest absolute Gasteiger partial charge is 0.381 e. The minimum absolute atomic E-state index is 0.500. The predicted octanol–water partition coefficient (Wildman–Crippen LogP) is 9.08. The Morgan fingerprint density at radius 1 is 0.191 bits per heavy atom. The molecule has 12 nitrogen and oxygen atoms in total. The first kappa shape index (κ1) is 66.6. The highest BCUT2D eigenvalue weighted by molar-refractivity contribution is 7.99. The third-order valence-corrected chi connectivity index (χ3v) is 15.0. The Hall–Kier alpha value is 0.570. The van der Waals surface area contributed by atoms with Gasteiger partial charge >= 0.3 is 0 Å². The number of ether oxygens (including phenoxy) is 5. The molecule has 0 amide bonds. The Morgan fingerprint density at radius 2 is 0.500 bits per heavy atom. The molecule has 0 aromatic carbocycles. The second-order valence-electron chi connectivity index (χ2n) is 18.4. The first-order valence-corrected chi connectivity index (χ1v) is 32.0. The van der Waals surface area contributed by atoms with Gasteiger partial charge in [0.1, 0.15) is 6.79 Å². The maximum Gasteiger partial charge on any atom is 0.146 e. The molecule has 0 saturated carbocycles. The average Bonchev–Trinajstić information content (AvgIpc) is 4.32. The van der Waals surface area contributed by atoms with E-state index < -0.39 is 0 Å². The van der Waals surface area contributed by atoms with E-state index in [1.165, 1.54) is 267 Å². The number of hydrogen-bond donors (Lipinski definition) is 7. The van der Waals surface area contributed by atoms with Gasteiger partial charge in [0.15, 0.2) is 0 Å². The number of hydrogen-bond acceptors (Lipinski definition) is 15. The molecule has 12 fully saturated rings. The van der Waals surface area contributed by atoms with Gasteiger partial charge < -0.3 is 60.9 Å². The quantitative estimate of drug-likeness (QED) is 0.125. The molecule has 0 atom stereocenters. The van der Waals surface area contributed by atoms with E-state index in [1.54, 1.807) is 0 Å². The van der Waals surface area contributed by atoms with Crippen LogP contribution >= 0.6 is 35.3 Å². The van der Waals surface area contributed by atoms with Gasteiger partial charge in [0.05, 0.1) is 19.8 Å². The van der Waals surface area contributed by atoms with Crippen LogP contribution in [0.2, 0.25) is 0 Å². The number of thioether (sulfide) groups is 3. The van der Waals surface area contributed by atoms with Gasteiger partial charge in [-0.15, -0.1) is 11.8 Å². The van der Waals surface area contributed by atoms with E-state index in [0.29, 0.717) is 6.79 Å². The van der Waals surface area contributed by atoms with Gasteiger partial charge in [0.2, 0.25) is 0 Å². The van der Waals surface area contributed by atoms with Gasteiger partial charge in [0, 0.05) is 57.8 Å². The van der Waals surface area contributed by atoms with Crippen LogP contribution in [-0.4, -0.2) is 179 Å². The smallest absolute Gasteiger partial charge is 0.146 e. The van der Waals surface area contributed by atoms with Crippen molar-refractivity contribution in [3.63, 3.8) is 0 Å². The molecule has 0 aromatic heterocycles. The van der Waals surface area contributed by atoms with E-state index in [4.69, 9.17) is 23.7 Å². The summed E-state index contributed by atoms with van der Waals surface area (Å²) in [6, 6.07) is 0. The average molecular weight is 1020 g/mol. The maximum atomic E-state index is 5.13. The fourth-order valence-electron chi connectivity index (χ4n) is 7.55. The zero-order valence-corrected chi connectivity index (χ0v) is 46.7. The van der Waals surface area contributed by atoms with E-state index >= 15 is 0 Å². The molecule has 0 radical (unpaired) electrons. The van der Waals surface area contributed by atoms with Crippen LogP contribution in [0.4, 0.5) is 0 Å². The van der Waals surface area contributed by atoms with E-state index in [1.807, 2.05) is 11.8 Å². The summed E-state index contributed by atoms with van der Waals surface area (Å²) in [6.45, 7) is 23.7.